The molecule has 0 saturated carbocycles. The van der Waals surface area contributed by atoms with Gasteiger partial charge in [-0.25, -0.2) is 38.2 Å². The van der Waals surface area contributed by atoms with E-state index in [2.05, 4.69) is 408 Å². The Morgan fingerprint density at radius 3 is 0.625 bits per heavy atom. The highest BCUT2D eigenvalue weighted by Crippen LogP contribution is 2.08. The largest absolute Gasteiger partial charge is 0.333 e. The van der Waals surface area contributed by atoms with E-state index in [0.29, 0.717) is 0 Å². The van der Waals surface area contributed by atoms with Crippen molar-refractivity contribution in [3.8, 4) is 0 Å². The molecule has 500 valence electrons. The summed E-state index contributed by atoms with van der Waals surface area (Å²) in [6.07, 6.45) is 6.28. The molecule has 12 aromatic rings. The number of hydrogen-bond donors (Lipinski definition) is 0. The normalized spacial score (nSPS) is 9.84. The lowest BCUT2D eigenvalue weighted by atomic mass is 9.65. The number of rotatable bonds is 17. The molecular formula is C88H116B7N-6. The van der Waals surface area contributed by atoms with E-state index in [1.54, 1.807) is 5.46 Å². The number of aryl methyl sites for hydroxylation is 3. The van der Waals surface area contributed by atoms with E-state index in [0.717, 1.165) is 4.48 Å². The summed E-state index contributed by atoms with van der Waals surface area (Å²) in [4.78, 5) is 0. The molecule has 96 heavy (non-hydrogen) atoms. The fourth-order valence-electron chi connectivity index (χ4n) is 11.7. The molecule has 8 heteroatoms. The molecule has 0 unspecified atom stereocenters. The van der Waals surface area contributed by atoms with Gasteiger partial charge in [0.05, 0.1) is 28.2 Å². The first-order valence-electron chi connectivity index (χ1n) is 36.8. The fraction of sp³-hybridized carbons (Fsp3) is 0.182. The second kappa shape index (κ2) is 50.5. The molecule has 1 nitrogen and oxygen atoms in total. The van der Waals surface area contributed by atoms with Crippen LogP contribution in [0.5, 0.6) is 0 Å². The van der Waals surface area contributed by atoms with E-state index in [1.807, 2.05) is 0 Å². The quantitative estimate of drug-likeness (QED) is 0.0630. The second-order valence-corrected chi connectivity index (χ2v) is 27.7. The monoisotopic (exact) mass is 1260 g/mol. The number of nitrogens with zero attached hydrogens (tertiary/aromatic N) is 1. The molecule has 0 heterocycles. The molecule has 0 amide bonds. The second-order valence-electron chi connectivity index (χ2n) is 27.7. The average Bonchev–Trinajstić information content (AvgIpc) is 2.90. The molecular weight excluding hydrogens is 1150 g/mol. The topological polar surface area (TPSA) is 0 Å². The summed E-state index contributed by atoms with van der Waals surface area (Å²) in [6.45, 7) is 11.0. The molecule has 0 radical (unpaired) electrons. The Kier molecular flexibility index (Phi) is 42.7. The molecule has 12 rings (SSSR count). The molecule has 0 aromatic heterocycles. The Bertz CT molecular complexity index is 3430. The standard InChI is InChI=1S/3C14H16B.2C13H14B.2C7H10B.C4H12N.2CH4/c1-12-7-5-6-8-13(12)11-15-14-9-3-2-4-10-14;2*1-12-7-9-13(10-8-12)11-15-14-5-3-2-4-6-14;2*1-3-7-12(8-4-1)11-14-13-9-5-2-6-10-13;2*1-8-7-5-3-2-4-6-7;1-5(2,3)4;;/h3*2-10H,11,15H2,1H3;2*1-10H,11,14H2;2*2-6H,8H2,1H3;1-4H3;2*1H4/q7*-1;+1;;. The number of quaternary nitrogens is 1. The molecule has 0 saturated heterocycles. The summed E-state index contributed by atoms with van der Waals surface area (Å²) in [5, 5.41) is 0. The zero-order chi connectivity index (χ0) is 67.0. The first-order chi connectivity index (χ1) is 45.8. The van der Waals surface area contributed by atoms with E-state index < -0.39 is 0 Å². The highest BCUT2D eigenvalue weighted by molar-refractivity contribution is 6.55. The summed E-state index contributed by atoms with van der Waals surface area (Å²) >= 11 is 0. The molecule has 12 aromatic carbocycles. The third kappa shape index (κ3) is 39.7. The lowest BCUT2D eigenvalue weighted by Gasteiger charge is -2.14. The van der Waals surface area contributed by atoms with Gasteiger partial charge in [-0.15, -0.1) is 0 Å². The van der Waals surface area contributed by atoms with Gasteiger partial charge in [0.15, 0.2) is 0 Å². The maximum absolute atomic E-state index is 2.29. The third-order valence-electron chi connectivity index (χ3n) is 17.9. The Hall–Kier alpha value is -8.95. The van der Waals surface area contributed by atoms with Crippen LogP contribution in [0.3, 0.4) is 0 Å². The van der Waals surface area contributed by atoms with Gasteiger partial charge in [-0.3, -0.25) is 0 Å². The van der Waals surface area contributed by atoms with Gasteiger partial charge >= 0.3 is 0 Å². The first kappa shape index (κ1) is 81.3. The zero-order valence-electron chi connectivity index (χ0n) is 60.4. The average molecular weight is 1260 g/mol. The van der Waals surface area contributed by atoms with Gasteiger partial charge < -0.3 is 4.48 Å². The van der Waals surface area contributed by atoms with Crippen LogP contribution in [0, 0.1) is 20.8 Å². The summed E-state index contributed by atoms with van der Waals surface area (Å²) in [6, 6.07) is 123. The van der Waals surface area contributed by atoms with Crippen LogP contribution >= 0.6 is 0 Å². The van der Waals surface area contributed by atoms with Gasteiger partial charge in [-0.05, 0) is 35.3 Å². The van der Waals surface area contributed by atoms with Crippen molar-refractivity contribution >= 4 is 89.2 Å². The maximum atomic E-state index is 2.29. The van der Waals surface area contributed by atoms with E-state index >= 15 is 0 Å². The van der Waals surface area contributed by atoms with E-state index in [1.165, 1.54) is 109 Å². The predicted molar refractivity (Wildman–Crippen MR) is 456 cm³/mol. The zero-order valence-corrected chi connectivity index (χ0v) is 60.4. The molecule has 0 spiro atoms. The Balaban J connectivity index is 0.000000290. The number of benzene rings is 12. The molecule has 0 aliphatic rings. The van der Waals surface area contributed by atoms with Crippen molar-refractivity contribution in [1.29, 1.82) is 0 Å². The van der Waals surface area contributed by atoms with Crippen LogP contribution < -0.4 is 38.2 Å². The van der Waals surface area contributed by atoms with Crippen LogP contribution in [-0.2, 0) is 31.6 Å². The van der Waals surface area contributed by atoms with Crippen molar-refractivity contribution in [2.45, 2.75) is 80.9 Å². The molecule has 0 N–H and O–H groups in total. The summed E-state index contributed by atoms with van der Waals surface area (Å²) < 4.78 is 1.00. The van der Waals surface area contributed by atoms with E-state index in [-0.39, 0.29) is 65.8 Å². The highest BCUT2D eigenvalue weighted by atomic mass is 15.2. The molecule has 0 aliphatic carbocycles. The van der Waals surface area contributed by atoms with Gasteiger partial charge in [0.1, 0.15) is 0 Å². The fourth-order valence-corrected chi connectivity index (χ4v) is 11.7. The van der Waals surface area contributed by atoms with Crippen LogP contribution in [0.25, 0.3) is 0 Å². The van der Waals surface area contributed by atoms with Crippen molar-refractivity contribution in [2.75, 3.05) is 28.2 Å². The lowest BCUT2D eigenvalue weighted by molar-refractivity contribution is -0.849. The van der Waals surface area contributed by atoms with E-state index in [4.69, 9.17) is 0 Å². The predicted octanol–water partition coefficient (Wildman–Crippen LogP) is 12.0. The van der Waals surface area contributed by atoms with Crippen molar-refractivity contribution < 1.29 is 4.48 Å². The molecule has 0 bridgehead atoms. The Morgan fingerprint density at radius 1 is 0.219 bits per heavy atom. The smallest absolute Gasteiger partial charge is 0.0675 e. The van der Waals surface area contributed by atoms with Gasteiger partial charge in [0, 0.05) is 36.4 Å². The molecule has 0 atom stereocenters. The van der Waals surface area contributed by atoms with Gasteiger partial charge in [0.25, 0.3) is 0 Å². The van der Waals surface area contributed by atoms with Crippen molar-refractivity contribution in [1.82, 2.24) is 0 Å². The van der Waals surface area contributed by atoms with Gasteiger partial charge in [0.2, 0.25) is 0 Å². The minimum atomic E-state index is -0.00491. The highest BCUT2D eigenvalue weighted by Gasteiger charge is 1.96. The first-order valence-corrected chi connectivity index (χ1v) is 36.8. The minimum absolute atomic E-state index is 0. The van der Waals surface area contributed by atoms with Crippen LogP contribution in [0.15, 0.2) is 346 Å². The summed E-state index contributed by atoms with van der Waals surface area (Å²) in [5.41, 5.74) is 22.3. The van der Waals surface area contributed by atoms with Crippen LogP contribution in [0.2, 0.25) is 13.6 Å². The summed E-state index contributed by atoms with van der Waals surface area (Å²) in [7, 11) is 8.92. The molecule has 0 aliphatic heterocycles. The summed E-state index contributed by atoms with van der Waals surface area (Å²) in [5.74, 6) is 0. The Labute approximate surface area is 589 Å². The van der Waals surface area contributed by atoms with E-state index in [9.17, 15) is 0 Å². The maximum Gasteiger partial charge on any atom is 0.0675 e. The lowest BCUT2D eigenvalue weighted by Crippen LogP contribution is -2.27. The SMILES string of the molecule is C.C.C[BH2-]c1ccccc1.C[BH2-]c1ccccc1.C[N+](C)(C)C.Cc1ccc(C[BH2-]c2ccccc2)cc1.Cc1ccc(C[BH2-]c2ccccc2)cc1.Cc1ccccc1C[BH2-]c1ccccc1.[BH2-](Cc1ccccc1)c1ccccc1.[BH2-](Cc1ccccc1)c1ccccc1. The van der Waals surface area contributed by atoms with Crippen LogP contribution in [-0.4, -0.2) is 83.6 Å². The van der Waals surface area contributed by atoms with Crippen molar-refractivity contribution in [3.63, 3.8) is 0 Å². The van der Waals surface area contributed by atoms with Crippen LogP contribution in [0.1, 0.15) is 59.4 Å². The van der Waals surface area contributed by atoms with Gasteiger partial charge in [-0.2, -0.15) is 45.2 Å². The van der Waals surface area contributed by atoms with Crippen molar-refractivity contribution in [2.24, 2.45) is 0 Å². The third-order valence-corrected chi connectivity index (χ3v) is 17.9. The van der Waals surface area contributed by atoms with Crippen molar-refractivity contribution in [3.05, 3.63) is 390 Å². The number of hydrogen-bond acceptors (Lipinski definition) is 0. The van der Waals surface area contributed by atoms with Gasteiger partial charge in [-0.1, -0.05) is 405 Å². The molecule has 0 fully saturated rings. The minimum Gasteiger partial charge on any atom is -0.333 e. The Morgan fingerprint density at radius 2 is 0.406 bits per heavy atom. The van der Waals surface area contributed by atoms with Crippen LogP contribution in [0.4, 0.5) is 0 Å².